The number of hydrogen-bond donors (Lipinski definition) is 1. The maximum atomic E-state index is 12.0. The van der Waals surface area contributed by atoms with Crippen LogP contribution in [-0.4, -0.2) is 34.9 Å². The van der Waals surface area contributed by atoms with E-state index in [1.54, 1.807) is 4.90 Å². The number of carbonyl (C=O) groups excluding carboxylic acids is 2. The Hall–Kier alpha value is -1.01. The number of amides is 2. The van der Waals surface area contributed by atoms with Crippen molar-refractivity contribution in [3.05, 3.63) is 34.3 Å². The number of carbonyl (C=O) groups is 2. The van der Waals surface area contributed by atoms with Crippen molar-refractivity contribution >= 4 is 38.8 Å². The molecule has 2 rings (SSSR count). The summed E-state index contributed by atoms with van der Waals surface area (Å²) in [6.07, 6.45) is 0.816. The highest BCUT2D eigenvalue weighted by Crippen LogP contribution is 2.20. The lowest BCUT2D eigenvalue weighted by Crippen LogP contribution is -2.38. The largest absolute Gasteiger partial charge is 0.348 e. The van der Waals surface area contributed by atoms with Gasteiger partial charge in [0.1, 0.15) is 6.54 Å². The Morgan fingerprint density at radius 2 is 2.15 bits per heavy atom. The van der Waals surface area contributed by atoms with Gasteiger partial charge in [0, 0.05) is 16.8 Å². The van der Waals surface area contributed by atoms with Gasteiger partial charge in [0.05, 0.1) is 6.04 Å². The molecule has 0 spiro atoms. The molecule has 1 aliphatic rings. The van der Waals surface area contributed by atoms with Crippen molar-refractivity contribution in [2.45, 2.75) is 19.4 Å². The molecule has 1 unspecified atom stereocenters. The molecule has 1 saturated heterocycles. The van der Waals surface area contributed by atoms with Crippen molar-refractivity contribution in [3.8, 4) is 0 Å². The Morgan fingerprint density at radius 1 is 1.45 bits per heavy atom. The van der Waals surface area contributed by atoms with Gasteiger partial charge in [-0.1, -0.05) is 46.7 Å². The van der Waals surface area contributed by atoms with Gasteiger partial charge in [-0.15, -0.1) is 0 Å². The zero-order valence-corrected chi connectivity index (χ0v) is 13.7. The van der Waals surface area contributed by atoms with Gasteiger partial charge in [-0.05, 0) is 24.1 Å². The highest BCUT2D eigenvalue weighted by molar-refractivity contribution is 9.10. The van der Waals surface area contributed by atoms with Crippen LogP contribution >= 0.6 is 27.7 Å². The molecule has 6 heteroatoms. The summed E-state index contributed by atoms with van der Waals surface area (Å²) < 4.78 is 1.02. The molecule has 2 amide bonds. The molecule has 1 N–H and O–H groups in total. The summed E-state index contributed by atoms with van der Waals surface area (Å²) in [6, 6.07) is 7.90. The van der Waals surface area contributed by atoms with E-state index in [9.17, 15) is 9.59 Å². The summed E-state index contributed by atoms with van der Waals surface area (Å²) in [4.78, 5) is 25.1. The van der Waals surface area contributed by atoms with Gasteiger partial charge in [-0.3, -0.25) is 9.59 Å². The summed E-state index contributed by atoms with van der Waals surface area (Å²) >= 11 is 4.67. The summed E-state index contributed by atoms with van der Waals surface area (Å²) in [6.45, 7) is 2.84. The van der Waals surface area contributed by atoms with E-state index in [0.29, 0.717) is 6.54 Å². The number of nitrogens with one attached hydrogen (secondary N) is 1. The molecular weight excluding hydrogens is 340 g/mol. The number of halogens is 1. The normalized spacial score (nSPS) is 16.3. The average molecular weight is 357 g/mol. The van der Waals surface area contributed by atoms with E-state index in [0.717, 1.165) is 22.2 Å². The zero-order chi connectivity index (χ0) is 14.5. The predicted molar refractivity (Wildman–Crippen MR) is 84.7 cm³/mol. The van der Waals surface area contributed by atoms with E-state index >= 15 is 0 Å². The summed E-state index contributed by atoms with van der Waals surface area (Å²) in [5, 5.41) is 2.99. The van der Waals surface area contributed by atoms with Crippen molar-refractivity contribution in [3.63, 3.8) is 0 Å². The first-order valence-electron chi connectivity index (χ1n) is 6.56. The van der Waals surface area contributed by atoms with Gasteiger partial charge >= 0.3 is 0 Å². The molecule has 0 saturated carbocycles. The van der Waals surface area contributed by atoms with Gasteiger partial charge in [0.2, 0.25) is 5.91 Å². The lowest BCUT2D eigenvalue weighted by molar-refractivity contribution is -0.122. The van der Waals surface area contributed by atoms with Crippen LogP contribution in [0.1, 0.15) is 24.9 Å². The second-order valence-electron chi connectivity index (χ2n) is 4.62. The van der Waals surface area contributed by atoms with Crippen molar-refractivity contribution in [1.82, 2.24) is 10.2 Å². The molecule has 108 valence electrons. The Labute approximate surface area is 131 Å². The Morgan fingerprint density at radius 3 is 2.70 bits per heavy atom. The van der Waals surface area contributed by atoms with Gasteiger partial charge in [-0.2, -0.15) is 0 Å². The van der Waals surface area contributed by atoms with Crippen LogP contribution in [0.15, 0.2) is 28.7 Å². The van der Waals surface area contributed by atoms with E-state index in [-0.39, 0.29) is 23.7 Å². The number of nitrogens with zero attached hydrogens (tertiary/aromatic N) is 1. The molecule has 0 aromatic heterocycles. The van der Waals surface area contributed by atoms with E-state index < -0.39 is 0 Å². The topological polar surface area (TPSA) is 49.4 Å². The molecule has 0 aliphatic carbocycles. The van der Waals surface area contributed by atoms with E-state index in [4.69, 9.17) is 0 Å². The van der Waals surface area contributed by atoms with Crippen LogP contribution in [0.3, 0.4) is 0 Å². The average Bonchev–Trinajstić information content (AvgIpc) is 2.83. The van der Waals surface area contributed by atoms with Gasteiger partial charge < -0.3 is 10.2 Å². The first-order valence-corrected chi connectivity index (χ1v) is 8.34. The predicted octanol–water partition coefficient (Wildman–Crippen LogP) is 3.19. The van der Waals surface area contributed by atoms with Crippen LogP contribution in [0.2, 0.25) is 0 Å². The van der Waals surface area contributed by atoms with Crippen LogP contribution < -0.4 is 5.32 Å². The van der Waals surface area contributed by atoms with Gasteiger partial charge in [0.25, 0.3) is 5.24 Å². The minimum absolute atomic E-state index is 0.00293. The van der Waals surface area contributed by atoms with Gasteiger partial charge in [0.15, 0.2) is 0 Å². The first-order chi connectivity index (χ1) is 9.60. The number of benzene rings is 1. The lowest BCUT2D eigenvalue weighted by atomic mass is 10.0. The summed E-state index contributed by atoms with van der Waals surface area (Å²) in [5.74, 6) is 0.673. The Bertz CT molecular complexity index is 492. The van der Waals surface area contributed by atoms with E-state index in [1.807, 2.05) is 31.2 Å². The van der Waals surface area contributed by atoms with Crippen molar-refractivity contribution in [2.75, 3.05) is 18.8 Å². The Kier molecular flexibility index (Phi) is 5.48. The molecule has 1 aromatic rings. The summed E-state index contributed by atoms with van der Waals surface area (Å²) in [7, 11) is 0. The zero-order valence-electron chi connectivity index (χ0n) is 11.3. The highest BCUT2D eigenvalue weighted by atomic mass is 79.9. The number of hydrogen-bond acceptors (Lipinski definition) is 3. The summed E-state index contributed by atoms with van der Waals surface area (Å²) in [5.41, 5.74) is 1.08. The van der Waals surface area contributed by atoms with Gasteiger partial charge in [-0.25, -0.2) is 0 Å². The third-order valence-electron chi connectivity index (χ3n) is 3.20. The van der Waals surface area contributed by atoms with E-state index in [2.05, 4.69) is 21.2 Å². The Balaban J connectivity index is 1.94. The van der Waals surface area contributed by atoms with Crippen LogP contribution in [0, 0.1) is 0 Å². The second-order valence-corrected chi connectivity index (χ2v) is 6.58. The number of rotatable bonds is 5. The fourth-order valence-electron chi connectivity index (χ4n) is 2.10. The molecule has 0 radical (unpaired) electrons. The SMILES string of the molecule is CCC(NC(=O)CN1CCSC1=O)c1ccc(Br)cc1. The minimum atomic E-state index is -0.101. The highest BCUT2D eigenvalue weighted by Gasteiger charge is 2.24. The third-order valence-corrected chi connectivity index (χ3v) is 4.62. The molecular formula is C14H17BrN2O2S. The molecule has 1 aliphatic heterocycles. The molecule has 4 nitrogen and oxygen atoms in total. The van der Waals surface area contributed by atoms with Crippen LogP contribution in [0.25, 0.3) is 0 Å². The monoisotopic (exact) mass is 356 g/mol. The van der Waals surface area contributed by atoms with Crippen LogP contribution in [0.5, 0.6) is 0 Å². The molecule has 1 aromatic carbocycles. The van der Waals surface area contributed by atoms with Crippen molar-refractivity contribution < 1.29 is 9.59 Å². The maximum absolute atomic E-state index is 12.0. The quantitative estimate of drug-likeness (QED) is 0.881. The molecule has 1 fully saturated rings. The fourth-order valence-corrected chi connectivity index (χ4v) is 3.19. The molecule has 1 heterocycles. The second kappa shape index (κ2) is 7.13. The minimum Gasteiger partial charge on any atom is -0.348 e. The smallest absolute Gasteiger partial charge is 0.282 e. The first kappa shape index (κ1) is 15.4. The van der Waals surface area contributed by atoms with Crippen LogP contribution in [0.4, 0.5) is 4.79 Å². The fraction of sp³-hybridized carbons (Fsp3) is 0.429. The van der Waals surface area contributed by atoms with E-state index in [1.165, 1.54) is 11.8 Å². The lowest BCUT2D eigenvalue weighted by Gasteiger charge is -2.20. The number of thioether (sulfide) groups is 1. The molecule has 20 heavy (non-hydrogen) atoms. The van der Waals surface area contributed by atoms with Crippen molar-refractivity contribution in [2.24, 2.45) is 0 Å². The van der Waals surface area contributed by atoms with Crippen LogP contribution in [-0.2, 0) is 4.79 Å². The third kappa shape index (κ3) is 3.99. The maximum Gasteiger partial charge on any atom is 0.282 e. The standard InChI is InChI=1S/C14H17BrN2O2S/c1-2-12(10-3-5-11(15)6-4-10)16-13(18)9-17-7-8-20-14(17)19/h3-6,12H,2,7-9H2,1H3,(H,16,18). The van der Waals surface area contributed by atoms with Crippen molar-refractivity contribution in [1.29, 1.82) is 0 Å². The molecule has 1 atom stereocenters. The molecule has 0 bridgehead atoms.